The monoisotopic (exact) mass is 559 g/mol. The summed E-state index contributed by atoms with van der Waals surface area (Å²) < 4.78 is 0.999. The minimum absolute atomic E-state index is 0.0283. The Bertz CT molecular complexity index is 1360. The standard InChI is InChI=1S/C28H22IN3O2/c29-21-9-11-24(19-6-2-1-3-7-19)25(17-21)28(34)31-23-10-12-26-20(16-23)13-15-32(26)27(33)18-22-8-4-5-14-30-22/h1-12,14,16-17H,13,15,18H2,(H,31,34). The van der Waals surface area contributed by atoms with Crippen molar-refractivity contribution < 1.29 is 9.59 Å². The van der Waals surface area contributed by atoms with Crippen molar-refractivity contribution in [1.82, 2.24) is 4.98 Å². The first-order chi connectivity index (χ1) is 16.6. The van der Waals surface area contributed by atoms with Crippen LogP contribution in [0.4, 0.5) is 11.4 Å². The molecule has 0 radical (unpaired) electrons. The first kappa shape index (κ1) is 22.3. The number of carbonyl (C=O) groups is 2. The second-order valence-corrected chi connectivity index (χ2v) is 9.39. The highest BCUT2D eigenvalue weighted by Gasteiger charge is 2.25. The maximum atomic E-state index is 13.3. The van der Waals surface area contributed by atoms with E-state index in [4.69, 9.17) is 0 Å². The van der Waals surface area contributed by atoms with Crippen LogP contribution in [0.2, 0.25) is 0 Å². The molecule has 0 atom stereocenters. The predicted octanol–water partition coefficient (Wildman–Crippen LogP) is 5.74. The number of benzene rings is 3. The van der Waals surface area contributed by atoms with Gasteiger partial charge >= 0.3 is 0 Å². The van der Waals surface area contributed by atoms with E-state index >= 15 is 0 Å². The molecule has 168 valence electrons. The quantitative estimate of drug-likeness (QED) is 0.318. The van der Waals surface area contributed by atoms with Crippen molar-refractivity contribution >= 4 is 45.8 Å². The summed E-state index contributed by atoms with van der Waals surface area (Å²) in [5, 5.41) is 3.05. The summed E-state index contributed by atoms with van der Waals surface area (Å²) in [7, 11) is 0. The van der Waals surface area contributed by atoms with Crippen molar-refractivity contribution in [1.29, 1.82) is 0 Å². The zero-order valence-corrected chi connectivity index (χ0v) is 20.5. The lowest BCUT2D eigenvalue weighted by Crippen LogP contribution is -2.30. The van der Waals surface area contributed by atoms with Gasteiger partial charge in [0.25, 0.3) is 5.91 Å². The van der Waals surface area contributed by atoms with Gasteiger partial charge < -0.3 is 10.2 Å². The second kappa shape index (κ2) is 9.77. The largest absolute Gasteiger partial charge is 0.322 e. The molecule has 5 nitrogen and oxygen atoms in total. The van der Waals surface area contributed by atoms with E-state index in [9.17, 15) is 9.59 Å². The molecule has 6 heteroatoms. The molecule has 0 fully saturated rings. The van der Waals surface area contributed by atoms with Gasteiger partial charge in [-0.15, -0.1) is 0 Å². The summed E-state index contributed by atoms with van der Waals surface area (Å²) in [5.74, 6) is -0.126. The molecule has 5 rings (SSSR count). The lowest BCUT2D eigenvalue weighted by Gasteiger charge is -2.18. The van der Waals surface area contributed by atoms with Crippen LogP contribution in [0.25, 0.3) is 11.1 Å². The number of amides is 2. The molecule has 1 N–H and O–H groups in total. The molecule has 2 heterocycles. The number of rotatable bonds is 5. The molecule has 1 aliphatic heterocycles. The lowest BCUT2D eigenvalue weighted by molar-refractivity contribution is -0.117. The van der Waals surface area contributed by atoms with Crippen molar-refractivity contribution in [3.05, 3.63) is 112 Å². The van der Waals surface area contributed by atoms with Gasteiger partial charge in [-0.25, -0.2) is 0 Å². The number of pyridine rings is 1. The number of nitrogens with zero attached hydrogens (tertiary/aromatic N) is 2. The van der Waals surface area contributed by atoms with Crippen LogP contribution in [-0.2, 0) is 17.6 Å². The van der Waals surface area contributed by atoms with Crippen molar-refractivity contribution in [3.63, 3.8) is 0 Å². The van der Waals surface area contributed by atoms with Crippen molar-refractivity contribution in [3.8, 4) is 11.1 Å². The van der Waals surface area contributed by atoms with E-state index in [2.05, 4.69) is 32.9 Å². The molecule has 4 aromatic rings. The van der Waals surface area contributed by atoms with Crippen LogP contribution in [0.1, 0.15) is 21.6 Å². The van der Waals surface area contributed by atoms with Gasteiger partial charge in [0.1, 0.15) is 0 Å². The van der Waals surface area contributed by atoms with E-state index in [1.165, 1.54) is 0 Å². The first-order valence-corrected chi connectivity index (χ1v) is 12.2. The minimum Gasteiger partial charge on any atom is -0.322 e. The van der Waals surface area contributed by atoms with E-state index in [-0.39, 0.29) is 18.2 Å². The fourth-order valence-electron chi connectivity index (χ4n) is 4.26. The number of hydrogen-bond donors (Lipinski definition) is 1. The summed E-state index contributed by atoms with van der Waals surface area (Å²) in [6.07, 6.45) is 2.73. The van der Waals surface area contributed by atoms with Crippen LogP contribution in [0, 0.1) is 3.57 Å². The molecular formula is C28H22IN3O2. The first-order valence-electron chi connectivity index (χ1n) is 11.1. The summed E-state index contributed by atoms with van der Waals surface area (Å²) in [4.78, 5) is 32.2. The molecular weight excluding hydrogens is 537 g/mol. The number of nitrogens with one attached hydrogen (secondary N) is 1. The molecule has 0 saturated carbocycles. The number of carbonyl (C=O) groups excluding carboxylic acids is 2. The fourth-order valence-corrected chi connectivity index (χ4v) is 4.76. The zero-order valence-electron chi connectivity index (χ0n) is 18.4. The Morgan fingerprint density at radius 1 is 0.941 bits per heavy atom. The second-order valence-electron chi connectivity index (χ2n) is 8.15. The Kier molecular flexibility index (Phi) is 6.40. The molecule has 0 bridgehead atoms. The topological polar surface area (TPSA) is 62.3 Å². The maximum Gasteiger partial charge on any atom is 0.256 e. The minimum atomic E-state index is -0.154. The highest BCUT2D eigenvalue weighted by Crippen LogP contribution is 2.32. The third kappa shape index (κ3) is 4.72. The molecule has 1 aromatic heterocycles. The van der Waals surface area contributed by atoms with Gasteiger partial charge in [0.15, 0.2) is 0 Å². The van der Waals surface area contributed by atoms with Gasteiger partial charge in [0.2, 0.25) is 5.91 Å². The zero-order chi connectivity index (χ0) is 23.5. The Labute approximate surface area is 212 Å². The number of anilines is 2. The molecule has 34 heavy (non-hydrogen) atoms. The normalized spacial score (nSPS) is 12.3. The van der Waals surface area contributed by atoms with Crippen molar-refractivity contribution in [2.45, 2.75) is 12.8 Å². The summed E-state index contributed by atoms with van der Waals surface area (Å²) in [6.45, 7) is 0.632. The van der Waals surface area contributed by atoms with Gasteiger partial charge in [-0.2, -0.15) is 0 Å². The van der Waals surface area contributed by atoms with Gasteiger partial charge in [0.05, 0.1) is 6.42 Å². The van der Waals surface area contributed by atoms with Crippen LogP contribution in [0.5, 0.6) is 0 Å². The van der Waals surface area contributed by atoms with Gasteiger partial charge in [-0.05, 0) is 88.2 Å². The molecule has 0 spiro atoms. The van der Waals surface area contributed by atoms with Gasteiger partial charge in [0, 0.05) is 38.9 Å². The average Bonchev–Trinajstić information content (AvgIpc) is 3.28. The number of hydrogen-bond acceptors (Lipinski definition) is 3. The Morgan fingerprint density at radius 2 is 1.76 bits per heavy atom. The summed E-state index contributed by atoms with van der Waals surface area (Å²) in [6, 6.07) is 27.1. The van der Waals surface area contributed by atoms with E-state index in [1.807, 2.05) is 89.8 Å². The summed E-state index contributed by atoms with van der Waals surface area (Å²) in [5.41, 5.74) is 5.96. The van der Waals surface area contributed by atoms with E-state index in [0.717, 1.165) is 43.8 Å². The molecule has 0 aliphatic carbocycles. The fraction of sp³-hybridized carbons (Fsp3) is 0.107. The third-order valence-electron chi connectivity index (χ3n) is 5.90. The molecule has 0 saturated heterocycles. The Morgan fingerprint density at radius 3 is 2.56 bits per heavy atom. The Balaban J connectivity index is 1.35. The van der Waals surface area contributed by atoms with Gasteiger partial charge in [-0.1, -0.05) is 42.5 Å². The predicted molar refractivity (Wildman–Crippen MR) is 143 cm³/mol. The van der Waals surface area contributed by atoms with E-state index in [1.54, 1.807) is 6.20 Å². The highest BCUT2D eigenvalue weighted by atomic mass is 127. The SMILES string of the molecule is O=C(Nc1ccc2c(c1)CCN2C(=O)Cc1ccccn1)c1cc(I)ccc1-c1ccccc1. The van der Waals surface area contributed by atoms with Crippen LogP contribution in [0.15, 0.2) is 91.1 Å². The lowest BCUT2D eigenvalue weighted by atomic mass is 9.99. The van der Waals surface area contributed by atoms with E-state index in [0.29, 0.717) is 12.1 Å². The average molecular weight is 559 g/mol. The van der Waals surface area contributed by atoms with Crippen LogP contribution in [-0.4, -0.2) is 23.3 Å². The molecule has 1 aliphatic rings. The Hall–Kier alpha value is -3.52. The summed E-state index contributed by atoms with van der Waals surface area (Å²) >= 11 is 2.22. The number of halogens is 1. The van der Waals surface area contributed by atoms with Crippen molar-refractivity contribution in [2.75, 3.05) is 16.8 Å². The van der Waals surface area contributed by atoms with Crippen LogP contribution in [0.3, 0.4) is 0 Å². The maximum absolute atomic E-state index is 13.3. The third-order valence-corrected chi connectivity index (χ3v) is 6.57. The smallest absolute Gasteiger partial charge is 0.256 e. The van der Waals surface area contributed by atoms with Crippen LogP contribution < -0.4 is 10.2 Å². The molecule has 3 aromatic carbocycles. The molecule has 2 amide bonds. The van der Waals surface area contributed by atoms with Gasteiger partial charge in [-0.3, -0.25) is 14.6 Å². The van der Waals surface area contributed by atoms with Crippen molar-refractivity contribution in [2.24, 2.45) is 0 Å². The molecule has 0 unspecified atom stereocenters. The number of aromatic nitrogens is 1. The van der Waals surface area contributed by atoms with Crippen LogP contribution >= 0.6 is 22.6 Å². The number of fused-ring (bicyclic) bond motifs is 1. The van der Waals surface area contributed by atoms with E-state index < -0.39 is 0 Å². The highest BCUT2D eigenvalue weighted by molar-refractivity contribution is 14.1.